The molecule has 0 spiro atoms. The van der Waals surface area contributed by atoms with E-state index in [1.165, 1.54) is 11.3 Å². The molecule has 0 radical (unpaired) electrons. The standard InChI is InChI=1S/C11H19N3OS/c1-7(2)5-10(15)14-11-13-9(6-16-11)8(3)12-4/h6-8,12H,5H2,1-4H3,(H,13,14,15). The van der Waals surface area contributed by atoms with Gasteiger partial charge in [-0.25, -0.2) is 4.98 Å². The second-order valence-corrected chi connectivity index (χ2v) is 5.09. The number of aromatic nitrogens is 1. The minimum Gasteiger partial charge on any atom is -0.312 e. The highest BCUT2D eigenvalue weighted by Gasteiger charge is 2.10. The van der Waals surface area contributed by atoms with Crippen molar-refractivity contribution in [3.63, 3.8) is 0 Å². The van der Waals surface area contributed by atoms with Gasteiger partial charge in [-0.1, -0.05) is 13.8 Å². The molecule has 0 fully saturated rings. The molecule has 0 saturated carbocycles. The molecule has 1 aromatic rings. The van der Waals surface area contributed by atoms with Gasteiger partial charge in [0.25, 0.3) is 0 Å². The number of carbonyl (C=O) groups excluding carboxylic acids is 1. The first-order valence-corrected chi connectivity index (χ1v) is 6.33. The zero-order valence-electron chi connectivity index (χ0n) is 10.2. The van der Waals surface area contributed by atoms with Crippen LogP contribution < -0.4 is 10.6 Å². The molecule has 16 heavy (non-hydrogen) atoms. The highest BCUT2D eigenvalue weighted by molar-refractivity contribution is 7.13. The van der Waals surface area contributed by atoms with E-state index >= 15 is 0 Å². The molecule has 0 aromatic carbocycles. The zero-order chi connectivity index (χ0) is 12.1. The maximum atomic E-state index is 11.5. The molecule has 1 heterocycles. The van der Waals surface area contributed by atoms with Crippen LogP contribution in [0, 0.1) is 5.92 Å². The lowest BCUT2D eigenvalue weighted by molar-refractivity contribution is -0.116. The number of nitrogens with zero attached hydrogens (tertiary/aromatic N) is 1. The van der Waals surface area contributed by atoms with Crippen molar-refractivity contribution in [1.82, 2.24) is 10.3 Å². The van der Waals surface area contributed by atoms with Gasteiger partial charge in [-0.15, -0.1) is 11.3 Å². The normalized spacial score (nSPS) is 12.8. The lowest BCUT2D eigenvalue weighted by Crippen LogP contribution is -2.15. The van der Waals surface area contributed by atoms with E-state index in [1.807, 2.05) is 33.2 Å². The van der Waals surface area contributed by atoms with Gasteiger partial charge >= 0.3 is 0 Å². The van der Waals surface area contributed by atoms with Gasteiger partial charge < -0.3 is 10.6 Å². The summed E-state index contributed by atoms with van der Waals surface area (Å²) < 4.78 is 0. The first-order valence-electron chi connectivity index (χ1n) is 5.45. The summed E-state index contributed by atoms with van der Waals surface area (Å²) in [7, 11) is 1.89. The molecular weight excluding hydrogens is 222 g/mol. The van der Waals surface area contributed by atoms with Crippen LogP contribution in [0.2, 0.25) is 0 Å². The molecule has 0 saturated heterocycles. The summed E-state index contributed by atoms with van der Waals surface area (Å²) in [6, 6.07) is 0.215. The predicted octanol–water partition coefficient (Wildman–Crippen LogP) is 2.41. The van der Waals surface area contributed by atoms with Crippen molar-refractivity contribution >= 4 is 22.4 Å². The number of hydrogen-bond donors (Lipinski definition) is 2. The van der Waals surface area contributed by atoms with E-state index in [9.17, 15) is 4.79 Å². The van der Waals surface area contributed by atoms with Crippen LogP contribution in [0.3, 0.4) is 0 Å². The average molecular weight is 241 g/mol. The molecule has 1 aromatic heterocycles. The molecule has 1 unspecified atom stereocenters. The molecule has 1 amide bonds. The van der Waals surface area contributed by atoms with E-state index in [-0.39, 0.29) is 11.9 Å². The molecule has 0 aliphatic carbocycles. The highest BCUT2D eigenvalue weighted by Crippen LogP contribution is 2.20. The quantitative estimate of drug-likeness (QED) is 0.832. The van der Waals surface area contributed by atoms with Crippen LogP contribution in [0.15, 0.2) is 5.38 Å². The summed E-state index contributed by atoms with van der Waals surface area (Å²) in [5.41, 5.74) is 0.965. The van der Waals surface area contributed by atoms with Crippen molar-refractivity contribution in [3.05, 3.63) is 11.1 Å². The maximum Gasteiger partial charge on any atom is 0.226 e. The van der Waals surface area contributed by atoms with Crippen LogP contribution in [-0.2, 0) is 4.79 Å². The first-order chi connectivity index (χ1) is 7.52. The number of rotatable bonds is 5. The van der Waals surface area contributed by atoms with E-state index in [2.05, 4.69) is 15.6 Å². The Hall–Kier alpha value is -0.940. The average Bonchev–Trinajstić information content (AvgIpc) is 2.63. The number of hydrogen-bond acceptors (Lipinski definition) is 4. The van der Waals surface area contributed by atoms with Gasteiger partial charge in [-0.3, -0.25) is 4.79 Å². The fourth-order valence-corrected chi connectivity index (χ4v) is 2.05. The van der Waals surface area contributed by atoms with Crippen molar-refractivity contribution < 1.29 is 4.79 Å². The fraction of sp³-hybridized carbons (Fsp3) is 0.636. The Morgan fingerprint density at radius 2 is 2.19 bits per heavy atom. The molecule has 5 heteroatoms. The number of nitrogens with one attached hydrogen (secondary N) is 2. The minimum absolute atomic E-state index is 0.0352. The lowest BCUT2D eigenvalue weighted by Gasteiger charge is -2.06. The van der Waals surface area contributed by atoms with Crippen molar-refractivity contribution in [1.29, 1.82) is 0 Å². The van der Waals surface area contributed by atoms with Gasteiger partial charge in [0.15, 0.2) is 5.13 Å². The topological polar surface area (TPSA) is 54.0 Å². The van der Waals surface area contributed by atoms with Crippen molar-refractivity contribution in [2.24, 2.45) is 5.92 Å². The van der Waals surface area contributed by atoms with Gasteiger partial charge in [0.1, 0.15) is 0 Å². The number of anilines is 1. The smallest absolute Gasteiger partial charge is 0.226 e. The molecule has 0 aliphatic heterocycles. The molecule has 0 bridgehead atoms. The molecule has 1 rings (SSSR count). The lowest BCUT2D eigenvalue weighted by atomic mass is 10.1. The van der Waals surface area contributed by atoms with Crippen molar-refractivity contribution in [2.45, 2.75) is 33.2 Å². The molecule has 0 aliphatic rings. The third kappa shape index (κ3) is 3.90. The number of amides is 1. The van der Waals surface area contributed by atoms with Crippen LogP contribution >= 0.6 is 11.3 Å². The van der Waals surface area contributed by atoms with E-state index < -0.39 is 0 Å². The van der Waals surface area contributed by atoms with Crippen LogP contribution in [0.1, 0.15) is 38.9 Å². The van der Waals surface area contributed by atoms with Gasteiger partial charge in [-0.05, 0) is 19.9 Å². The number of carbonyl (C=O) groups is 1. The summed E-state index contributed by atoms with van der Waals surface area (Å²) >= 11 is 1.47. The Kier molecular flexibility index (Phi) is 4.89. The molecule has 2 N–H and O–H groups in total. The van der Waals surface area contributed by atoms with Crippen molar-refractivity contribution in [2.75, 3.05) is 12.4 Å². The van der Waals surface area contributed by atoms with Gasteiger partial charge in [-0.2, -0.15) is 0 Å². The van der Waals surface area contributed by atoms with Crippen LogP contribution in [0.5, 0.6) is 0 Å². The molecular formula is C11H19N3OS. The predicted molar refractivity (Wildman–Crippen MR) is 67.7 cm³/mol. The van der Waals surface area contributed by atoms with E-state index in [1.54, 1.807) is 0 Å². The summed E-state index contributed by atoms with van der Waals surface area (Å²) in [6.07, 6.45) is 0.538. The van der Waals surface area contributed by atoms with Crippen LogP contribution in [-0.4, -0.2) is 17.9 Å². The molecule has 90 valence electrons. The van der Waals surface area contributed by atoms with Crippen LogP contribution in [0.4, 0.5) is 5.13 Å². The maximum absolute atomic E-state index is 11.5. The van der Waals surface area contributed by atoms with Crippen LogP contribution in [0.25, 0.3) is 0 Å². The first kappa shape index (κ1) is 13.1. The van der Waals surface area contributed by atoms with Crippen molar-refractivity contribution in [3.8, 4) is 0 Å². The Morgan fingerprint density at radius 3 is 2.75 bits per heavy atom. The molecule has 1 atom stereocenters. The second-order valence-electron chi connectivity index (χ2n) is 4.23. The molecule has 4 nitrogen and oxygen atoms in total. The Bertz CT molecular complexity index is 349. The van der Waals surface area contributed by atoms with Gasteiger partial charge in [0, 0.05) is 17.8 Å². The monoisotopic (exact) mass is 241 g/mol. The third-order valence-corrected chi connectivity index (χ3v) is 3.01. The number of thiazole rings is 1. The van der Waals surface area contributed by atoms with Gasteiger partial charge in [0.05, 0.1) is 5.69 Å². The Morgan fingerprint density at radius 1 is 1.50 bits per heavy atom. The van der Waals surface area contributed by atoms with E-state index in [4.69, 9.17) is 0 Å². The SMILES string of the molecule is CNC(C)c1csc(NC(=O)CC(C)C)n1. The Labute approximate surface area is 100 Å². The van der Waals surface area contributed by atoms with Gasteiger partial charge in [0.2, 0.25) is 5.91 Å². The second kappa shape index (κ2) is 5.96. The Balaban J connectivity index is 2.55. The van der Waals surface area contributed by atoms with E-state index in [0.29, 0.717) is 17.5 Å². The third-order valence-electron chi connectivity index (χ3n) is 2.24. The summed E-state index contributed by atoms with van der Waals surface area (Å²) in [6.45, 7) is 6.08. The van der Waals surface area contributed by atoms with E-state index in [0.717, 1.165) is 5.69 Å². The summed E-state index contributed by atoms with van der Waals surface area (Å²) in [4.78, 5) is 15.9. The minimum atomic E-state index is 0.0352. The fourth-order valence-electron chi connectivity index (χ4n) is 1.23. The largest absolute Gasteiger partial charge is 0.312 e. The summed E-state index contributed by atoms with van der Waals surface area (Å²) in [5, 5.41) is 8.57. The summed E-state index contributed by atoms with van der Waals surface area (Å²) in [5.74, 6) is 0.406. The zero-order valence-corrected chi connectivity index (χ0v) is 11.0. The highest BCUT2D eigenvalue weighted by atomic mass is 32.1.